The van der Waals surface area contributed by atoms with Gasteiger partial charge in [0.1, 0.15) is 18.5 Å². The normalized spacial score (nSPS) is 24.3. The molecule has 0 spiro atoms. The molecule has 0 heterocycles. The number of aliphatic hydroxyl groups excluding tert-OH is 1. The second-order valence-corrected chi connectivity index (χ2v) is 5.75. The maximum Gasteiger partial charge on any atom is 0.119 e. The average molecular weight is 277 g/mol. The molecular formula is C17H27NO2. The van der Waals surface area contributed by atoms with Gasteiger partial charge in [-0.1, -0.05) is 44.4 Å². The Balaban J connectivity index is 1.67. The minimum absolute atomic E-state index is 0.348. The molecule has 3 atom stereocenters. The van der Waals surface area contributed by atoms with Crippen LogP contribution in [0.2, 0.25) is 0 Å². The highest BCUT2D eigenvalue weighted by atomic mass is 16.5. The Bertz CT molecular complexity index is 369. The average Bonchev–Trinajstić information content (AvgIpc) is 2.52. The lowest BCUT2D eigenvalue weighted by molar-refractivity contribution is 0.0974. The summed E-state index contributed by atoms with van der Waals surface area (Å²) in [4.78, 5) is 0. The van der Waals surface area contributed by atoms with Crippen LogP contribution in [0.15, 0.2) is 30.3 Å². The van der Waals surface area contributed by atoms with Crippen LogP contribution in [0.5, 0.6) is 5.75 Å². The molecule has 2 N–H and O–H groups in total. The van der Waals surface area contributed by atoms with E-state index in [-0.39, 0.29) is 0 Å². The van der Waals surface area contributed by atoms with E-state index in [1.807, 2.05) is 30.3 Å². The third-order valence-electron chi connectivity index (χ3n) is 4.23. The van der Waals surface area contributed by atoms with Crippen molar-refractivity contribution in [1.82, 2.24) is 5.32 Å². The van der Waals surface area contributed by atoms with Crippen molar-refractivity contribution in [2.75, 3.05) is 13.2 Å². The molecule has 0 amide bonds. The first-order chi connectivity index (χ1) is 9.79. The highest BCUT2D eigenvalue weighted by Crippen LogP contribution is 2.26. The highest BCUT2D eigenvalue weighted by Gasteiger charge is 2.23. The Hall–Kier alpha value is -1.06. The van der Waals surface area contributed by atoms with Gasteiger partial charge in [-0.3, -0.25) is 0 Å². The molecule has 20 heavy (non-hydrogen) atoms. The van der Waals surface area contributed by atoms with Crippen molar-refractivity contribution in [2.24, 2.45) is 5.92 Å². The molecule has 1 aliphatic rings. The largest absolute Gasteiger partial charge is 0.491 e. The fourth-order valence-corrected chi connectivity index (χ4v) is 3.02. The minimum Gasteiger partial charge on any atom is -0.491 e. The van der Waals surface area contributed by atoms with E-state index in [0.29, 0.717) is 19.2 Å². The summed E-state index contributed by atoms with van der Waals surface area (Å²) in [6.07, 6.45) is 6.01. The number of nitrogens with one attached hydrogen (secondary N) is 1. The maximum absolute atomic E-state index is 10.0. The van der Waals surface area contributed by atoms with Gasteiger partial charge in [-0.05, 0) is 30.9 Å². The second kappa shape index (κ2) is 8.28. The van der Waals surface area contributed by atoms with Crippen LogP contribution < -0.4 is 10.1 Å². The second-order valence-electron chi connectivity index (χ2n) is 5.75. The van der Waals surface area contributed by atoms with Crippen LogP contribution in [0, 0.1) is 5.92 Å². The van der Waals surface area contributed by atoms with Gasteiger partial charge < -0.3 is 15.2 Å². The quantitative estimate of drug-likeness (QED) is 0.805. The molecule has 1 saturated carbocycles. The fourth-order valence-electron chi connectivity index (χ4n) is 3.02. The summed E-state index contributed by atoms with van der Waals surface area (Å²) < 4.78 is 5.57. The Morgan fingerprint density at radius 3 is 2.75 bits per heavy atom. The van der Waals surface area contributed by atoms with E-state index in [4.69, 9.17) is 4.74 Å². The van der Waals surface area contributed by atoms with Gasteiger partial charge in [0.15, 0.2) is 0 Å². The van der Waals surface area contributed by atoms with E-state index in [1.165, 1.54) is 32.1 Å². The van der Waals surface area contributed by atoms with Gasteiger partial charge in [-0.25, -0.2) is 0 Å². The number of benzene rings is 1. The predicted octanol–water partition coefficient (Wildman–Crippen LogP) is 2.98. The van der Waals surface area contributed by atoms with Crippen molar-refractivity contribution < 1.29 is 9.84 Å². The maximum atomic E-state index is 10.0. The zero-order valence-corrected chi connectivity index (χ0v) is 12.4. The summed E-state index contributed by atoms with van der Waals surface area (Å²) in [6, 6.07) is 10.2. The third-order valence-corrected chi connectivity index (χ3v) is 4.23. The zero-order valence-electron chi connectivity index (χ0n) is 12.4. The monoisotopic (exact) mass is 277 g/mol. The summed E-state index contributed by atoms with van der Waals surface area (Å²) >= 11 is 0. The SMILES string of the molecule is CCC1CCCCC1NCC(O)COc1ccccc1. The van der Waals surface area contributed by atoms with Crippen LogP contribution in [0.4, 0.5) is 0 Å². The lowest BCUT2D eigenvalue weighted by Crippen LogP contribution is -2.43. The first-order valence-electron chi connectivity index (χ1n) is 7.89. The Labute approximate surface area is 122 Å². The topological polar surface area (TPSA) is 41.5 Å². The summed E-state index contributed by atoms with van der Waals surface area (Å²) in [5, 5.41) is 13.5. The molecule has 3 unspecified atom stereocenters. The summed E-state index contributed by atoms with van der Waals surface area (Å²) in [7, 11) is 0. The van der Waals surface area contributed by atoms with E-state index in [1.54, 1.807) is 0 Å². The summed E-state index contributed by atoms with van der Waals surface area (Å²) in [5.41, 5.74) is 0. The zero-order chi connectivity index (χ0) is 14.2. The number of rotatable bonds is 7. The smallest absolute Gasteiger partial charge is 0.119 e. The van der Waals surface area contributed by atoms with Gasteiger partial charge in [-0.15, -0.1) is 0 Å². The van der Waals surface area contributed by atoms with Crippen molar-refractivity contribution in [1.29, 1.82) is 0 Å². The van der Waals surface area contributed by atoms with Crippen LogP contribution in [0.1, 0.15) is 39.0 Å². The van der Waals surface area contributed by atoms with Crippen LogP contribution in [0.25, 0.3) is 0 Å². The molecule has 2 rings (SSSR count). The van der Waals surface area contributed by atoms with Crippen LogP contribution in [-0.2, 0) is 0 Å². The van der Waals surface area contributed by atoms with Crippen LogP contribution in [-0.4, -0.2) is 30.4 Å². The van der Waals surface area contributed by atoms with Gasteiger partial charge in [0.05, 0.1) is 0 Å². The van der Waals surface area contributed by atoms with Crippen LogP contribution in [0.3, 0.4) is 0 Å². The first kappa shape index (κ1) is 15.3. The van der Waals surface area contributed by atoms with Gasteiger partial charge >= 0.3 is 0 Å². The standard InChI is InChI=1S/C17H27NO2/c1-2-14-8-6-7-11-17(14)18-12-15(19)13-20-16-9-4-3-5-10-16/h3-5,9-10,14-15,17-19H,2,6-8,11-13H2,1H3. The molecule has 0 aromatic heterocycles. The van der Waals surface area contributed by atoms with Crippen molar-refractivity contribution in [3.05, 3.63) is 30.3 Å². The van der Waals surface area contributed by atoms with E-state index in [9.17, 15) is 5.11 Å². The predicted molar refractivity (Wildman–Crippen MR) is 82.0 cm³/mol. The first-order valence-corrected chi connectivity index (χ1v) is 7.89. The van der Waals surface area contributed by atoms with Gasteiger partial charge in [0, 0.05) is 12.6 Å². The molecule has 3 heteroatoms. The van der Waals surface area contributed by atoms with Crippen molar-refractivity contribution >= 4 is 0 Å². The molecule has 0 aliphatic heterocycles. The van der Waals surface area contributed by atoms with Crippen molar-refractivity contribution in [3.63, 3.8) is 0 Å². The summed E-state index contributed by atoms with van der Waals surface area (Å²) in [5.74, 6) is 1.58. The molecule has 112 valence electrons. The van der Waals surface area contributed by atoms with E-state index in [2.05, 4.69) is 12.2 Å². The molecule has 0 saturated heterocycles. The molecule has 1 fully saturated rings. The molecule has 0 radical (unpaired) electrons. The van der Waals surface area contributed by atoms with Gasteiger partial charge in [-0.2, -0.15) is 0 Å². The van der Waals surface area contributed by atoms with E-state index < -0.39 is 6.10 Å². The Morgan fingerprint density at radius 2 is 2.00 bits per heavy atom. The Kier molecular flexibility index (Phi) is 6.34. The molecular weight excluding hydrogens is 250 g/mol. The molecule has 0 bridgehead atoms. The number of para-hydroxylation sites is 1. The molecule has 1 aromatic carbocycles. The van der Waals surface area contributed by atoms with Crippen LogP contribution >= 0.6 is 0 Å². The molecule has 1 aromatic rings. The third kappa shape index (κ3) is 4.80. The molecule has 3 nitrogen and oxygen atoms in total. The highest BCUT2D eigenvalue weighted by molar-refractivity contribution is 5.20. The summed E-state index contributed by atoms with van der Waals surface area (Å²) in [6.45, 7) is 3.23. The van der Waals surface area contributed by atoms with E-state index >= 15 is 0 Å². The van der Waals surface area contributed by atoms with Crippen molar-refractivity contribution in [3.8, 4) is 5.75 Å². The van der Waals surface area contributed by atoms with Gasteiger partial charge in [0.25, 0.3) is 0 Å². The number of aliphatic hydroxyl groups is 1. The Morgan fingerprint density at radius 1 is 1.25 bits per heavy atom. The number of hydrogen-bond acceptors (Lipinski definition) is 3. The number of hydrogen-bond donors (Lipinski definition) is 2. The van der Waals surface area contributed by atoms with E-state index in [0.717, 1.165) is 11.7 Å². The molecule has 1 aliphatic carbocycles. The fraction of sp³-hybridized carbons (Fsp3) is 0.647. The minimum atomic E-state index is -0.449. The van der Waals surface area contributed by atoms with Crippen molar-refractivity contribution in [2.45, 2.75) is 51.2 Å². The number of ether oxygens (including phenoxy) is 1. The lowest BCUT2D eigenvalue weighted by Gasteiger charge is -2.32. The van der Waals surface area contributed by atoms with Gasteiger partial charge in [0.2, 0.25) is 0 Å². The lowest BCUT2D eigenvalue weighted by atomic mass is 9.83.